The fourth-order valence-electron chi connectivity index (χ4n) is 3.67. The molecule has 0 aromatic heterocycles. The molecular weight excluding hydrogens is 422 g/mol. The summed E-state index contributed by atoms with van der Waals surface area (Å²) in [4.78, 5) is 34.6. The van der Waals surface area contributed by atoms with E-state index in [1.54, 1.807) is 26.8 Å². The van der Waals surface area contributed by atoms with Crippen LogP contribution in [0.25, 0.3) is 0 Å². The number of hydrogen-bond acceptors (Lipinski definition) is 6. The molecule has 164 valence electrons. The van der Waals surface area contributed by atoms with Gasteiger partial charge in [-0.3, -0.25) is 14.9 Å². The Morgan fingerprint density at radius 2 is 1.94 bits per heavy atom. The normalized spacial score (nSPS) is 15.7. The number of carbonyl (C=O) groups excluding carboxylic acids is 2. The van der Waals surface area contributed by atoms with Gasteiger partial charge in [-0.1, -0.05) is 6.07 Å². The van der Waals surface area contributed by atoms with E-state index in [0.717, 1.165) is 30.4 Å². The summed E-state index contributed by atoms with van der Waals surface area (Å²) >= 11 is 5.58. The van der Waals surface area contributed by atoms with Crippen molar-refractivity contribution in [2.24, 2.45) is 0 Å². The molecule has 0 saturated heterocycles. The number of hydrogen-bond donors (Lipinski definition) is 0. The molecule has 0 N–H and O–H groups in total. The Morgan fingerprint density at radius 1 is 1.19 bits per heavy atom. The van der Waals surface area contributed by atoms with Crippen LogP contribution in [-0.4, -0.2) is 28.3 Å². The molecule has 2 aromatic rings. The Kier molecular flexibility index (Phi) is 6.65. The molecule has 0 fully saturated rings. The number of rotatable bonds is 6. The summed E-state index contributed by atoms with van der Waals surface area (Å²) in [5.41, 5.74) is 1.39. The quantitative estimate of drug-likeness (QED) is 0.254. The van der Waals surface area contributed by atoms with Crippen LogP contribution >= 0.6 is 11.6 Å². The van der Waals surface area contributed by atoms with Gasteiger partial charge >= 0.3 is 5.97 Å². The summed E-state index contributed by atoms with van der Waals surface area (Å²) in [7, 11) is 0. The number of aryl methyl sites for hydroxylation is 1. The van der Waals surface area contributed by atoms with Crippen molar-refractivity contribution in [2.45, 2.75) is 51.6 Å². The average molecular weight is 446 g/mol. The average Bonchev–Trinajstić information content (AvgIpc) is 2.70. The largest absolute Gasteiger partial charge is 0.493 e. The Labute approximate surface area is 185 Å². The number of ether oxygens (including phenoxy) is 2. The number of fused-ring (bicyclic) bond motifs is 1. The van der Waals surface area contributed by atoms with E-state index in [2.05, 4.69) is 0 Å². The van der Waals surface area contributed by atoms with Crippen molar-refractivity contribution < 1.29 is 24.0 Å². The second-order valence-corrected chi connectivity index (χ2v) is 8.87. The van der Waals surface area contributed by atoms with Crippen molar-refractivity contribution in [3.05, 3.63) is 68.8 Å². The van der Waals surface area contributed by atoms with Gasteiger partial charge in [0.05, 0.1) is 17.6 Å². The van der Waals surface area contributed by atoms with E-state index in [-0.39, 0.29) is 17.2 Å². The number of nitro groups is 1. The Balaban J connectivity index is 1.77. The van der Waals surface area contributed by atoms with Crippen molar-refractivity contribution >= 4 is 28.5 Å². The van der Waals surface area contributed by atoms with Crippen molar-refractivity contribution in [1.29, 1.82) is 0 Å². The SMILES string of the molecule is CC(C)(C)OC(=O)c1ccc(OC[C@@H]2CCCc3cc(C(=O)Cl)ccc32)cc1[N+](=O)[O-]. The highest BCUT2D eigenvalue weighted by molar-refractivity contribution is 6.67. The molecule has 0 unspecified atom stereocenters. The van der Waals surface area contributed by atoms with E-state index in [1.807, 2.05) is 12.1 Å². The van der Waals surface area contributed by atoms with Gasteiger partial charge in [-0.25, -0.2) is 4.79 Å². The molecule has 0 bridgehead atoms. The molecular formula is C23H24ClNO6. The van der Waals surface area contributed by atoms with Crippen LogP contribution in [0.5, 0.6) is 5.75 Å². The maximum absolute atomic E-state index is 12.3. The highest BCUT2D eigenvalue weighted by Crippen LogP contribution is 2.34. The smallest absolute Gasteiger partial charge is 0.345 e. The standard InChI is InChI=1S/C23H24ClNO6/c1-23(2,3)31-22(27)19-10-8-17(12-20(19)25(28)29)30-13-16-6-4-5-14-11-15(21(24)26)7-9-18(14)16/h7-12,16H,4-6,13H2,1-3H3/t16-/m0/s1. The van der Waals surface area contributed by atoms with Gasteiger partial charge in [-0.15, -0.1) is 0 Å². The van der Waals surface area contributed by atoms with Crippen LogP contribution in [0.15, 0.2) is 36.4 Å². The Morgan fingerprint density at radius 3 is 2.58 bits per heavy atom. The lowest BCUT2D eigenvalue weighted by atomic mass is 9.82. The van der Waals surface area contributed by atoms with E-state index >= 15 is 0 Å². The molecule has 3 rings (SSSR count). The number of carbonyl (C=O) groups is 2. The zero-order chi connectivity index (χ0) is 22.8. The number of nitrogens with zero attached hydrogens (tertiary/aromatic N) is 1. The molecule has 7 nitrogen and oxygen atoms in total. The first kappa shape index (κ1) is 22.7. The van der Waals surface area contributed by atoms with Crippen molar-refractivity contribution in [3.8, 4) is 5.75 Å². The predicted molar refractivity (Wildman–Crippen MR) is 116 cm³/mol. The van der Waals surface area contributed by atoms with Crippen molar-refractivity contribution in [3.63, 3.8) is 0 Å². The van der Waals surface area contributed by atoms with Gasteiger partial charge in [0.15, 0.2) is 0 Å². The minimum Gasteiger partial charge on any atom is -0.493 e. The van der Waals surface area contributed by atoms with Crippen LogP contribution in [0.4, 0.5) is 5.69 Å². The van der Waals surface area contributed by atoms with Crippen molar-refractivity contribution in [2.75, 3.05) is 6.61 Å². The van der Waals surface area contributed by atoms with Crippen LogP contribution < -0.4 is 4.74 Å². The third-order valence-electron chi connectivity index (χ3n) is 5.04. The van der Waals surface area contributed by atoms with Crippen LogP contribution in [0, 0.1) is 10.1 Å². The number of nitro benzene ring substituents is 1. The zero-order valence-electron chi connectivity index (χ0n) is 17.6. The van der Waals surface area contributed by atoms with Crippen LogP contribution in [0.3, 0.4) is 0 Å². The lowest BCUT2D eigenvalue weighted by molar-refractivity contribution is -0.385. The van der Waals surface area contributed by atoms with E-state index in [4.69, 9.17) is 21.1 Å². The van der Waals surface area contributed by atoms with Gasteiger partial charge in [0.2, 0.25) is 0 Å². The summed E-state index contributed by atoms with van der Waals surface area (Å²) in [6.45, 7) is 5.41. The summed E-state index contributed by atoms with van der Waals surface area (Å²) < 4.78 is 11.1. The molecule has 31 heavy (non-hydrogen) atoms. The monoisotopic (exact) mass is 445 g/mol. The van der Waals surface area contributed by atoms with Gasteiger partial charge in [0, 0.05) is 11.5 Å². The van der Waals surface area contributed by atoms with Gasteiger partial charge in [-0.2, -0.15) is 0 Å². The Bertz CT molecular complexity index is 1030. The molecule has 0 amide bonds. The van der Waals surface area contributed by atoms with Gasteiger partial charge < -0.3 is 9.47 Å². The van der Waals surface area contributed by atoms with Crippen molar-refractivity contribution in [1.82, 2.24) is 0 Å². The summed E-state index contributed by atoms with van der Waals surface area (Å²) in [6.07, 6.45) is 2.71. The molecule has 2 aromatic carbocycles. The fourth-order valence-corrected chi connectivity index (χ4v) is 3.78. The van der Waals surface area contributed by atoms with Crippen LogP contribution in [-0.2, 0) is 11.2 Å². The van der Waals surface area contributed by atoms with Crippen LogP contribution in [0.2, 0.25) is 0 Å². The van der Waals surface area contributed by atoms with Gasteiger partial charge in [0.1, 0.15) is 16.9 Å². The van der Waals surface area contributed by atoms with Gasteiger partial charge in [-0.05, 0) is 87.0 Å². The number of halogens is 1. The first-order chi connectivity index (χ1) is 14.5. The molecule has 0 radical (unpaired) electrons. The number of esters is 1. The molecule has 0 heterocycles. The molecule has 0 saturated carbocycles. The zero-order valence-corrected chi connectivity index (χ0v) is 18.4. The van der Waals surface area contributed by atoms with E-state index in [1.165, 1.54) is 18.2 Å². The molecule has 1 aliphatic rings. The summed E-state index contributed by atoms with van der Waals surface area (Å²) in [5, 5.41) is 11.0. The highest BCUT2D eigenvalue weighted by Gasteiger charge is 2.27. The fraction of sp³-hybridized carbons (Fsp3) is 0.391. The molecule has 1 aliphatic carbocycles. The summed E-state index contributed by atoms with van der Waals surface area (Å²) in [5.74, 6) is -0.358. The predicted octanol–water partition coefficient (Wildman–Crippen LogP) is 5.43. The van der Waals surface area contributed by atoms with E-state index in [0.29, 0.717) is 17.9 Å². The Hall–Kier alpha value is -2.93. The summed E-state index contributed by atoms with van der Waals surface area (Å²) in [6, 6.07) is 9.55. The lowest BCUT2D eigenvalue weighted by Crippen LogP contribution is -2.24. The third-order valence-corrected chi connectivity index (χ3v) is 5.26. The highest BCUT2D eigenvalue weighted by atomic mass is 35.5. The minimum atomic E-state index is -0.761. The molecule has 0 aliphatic heterocycles. The lowest BCUT2D eigenvalue weighted by Gasteiger charge is -2.26. The topological polar surface area (TPSA) is 95.7 Å². The minimum absolute atomic E-state index is 0.0906. The third kappa shape index (κ3) is 5.61. The van der Waals surface area contributed by atoms with E-state index in [9.17, 15) is 19.7 Å². The maximum Gasteiger partial charge on any atom is 0.345 e. The van der Waals surface area contributed by atoms with E-state index < -0.39 is 21.7 Å². The first-order valence-electron chi connectivity index (χ1n) is 10.0. The molecule has 1 atom stereocenters. The number of benzene rings is 2. The first-order valence-corrected chi connectivity index (χ1v) is 10.4. The van der Waals surface area contributed by atoms with Gasteiger partial charge in [0.25, 0.3) is 10.9 Å². The second kappa shape index (κ2) is 9.06. The molecule has 8 heteroatoms. The maximum atomic E-state index is 12.3. The second-order valence-electron chi connectivity index (χ2n) is 8.53. The van der Waals surface area contributed by atoms with Crippen LogP contribution in [0.1, 0.15) is 71.4 Å². The molecule has 0 spiro atoms.